The second-order valence-corrected chi connectivity index (χ2v) is 10.3. The van der Waals surface area contributed by atoms with Gasteiger partial charge in [-0.15, -0.1) is 5.10 Å². The molecule has 3 heterocycles. The number of aromatic nitrogens is 4. The molecule has 0 atom stereocenters. The molecule has 1 aliphatic rings. The summed E-state index contributed by atoms with van der Waals surface area (Å²) in [5, 5.41) is 14.3. The highest BCUT2D eigenvalue weighted by Crippen LogP contribution is 2.26. The predicted octanol–water partition coefficient (Wildman–Crippen LogP) is 4.75. The van der Waals surface area contributed by atoms with Crippen molar-refractivity contribution in [2.24, 2.45) is 7.05 Å². The maximum absolute atomic E-state index is 12.8. The lowest BCUT2D eigenvalue weighted by molar-refractivity contribution is 0.102. The number of aryl methyl sites for hydroxylation is 3. The predicted molar refractivity (Wildman–Crippen MR) is 156 cm³/mol. The molecule has 6 rings (SSSR count). The maximum atomic E-state index is 12.8. The van der Waals surface area contributed by atoms with Gasteiger partial charge in [-0.25, -0.2) is 4.98 Å². The largest absolute Gasteiger partial charge is 0.352 e. The summed E-state index contributed by atoms with van der Waals surface area (Å²) >= 11 is 0. The van der Waals surface area contributed by atoms with Gasteiger partial charge < -0.3 is 14.8 Å². The number of fused-ring (bicyclic) bond motifs is 2. The number of nitrogens with zero attached hydrogens (tertiary/aromatic N) is 6. The van der Waals surface area contributed by atoms with Crippen molar-refractivity contribution >= 4 is 39.2 Å². The first-order valence-electron chi connectivity index (χ1n) is 13.5. The summed E-state index contributed by atoms with van der Waals surface area (Å²) in [6.07, 6.45) is 0.864. The van der Waals surface area contributed by atoms with E-state index in [0.717, 1.165) is 78.8 Å². The summed E-state index contributed by atoms with van der Waals surface area (Å²) in [5.41, 5.74) is 5.32. The monoisotopic (exact) mass is 519 g/mol. The van der Waals surface area contributed by atoms with E-state index in [1.54, 1.807) is 0 Å². The molecule has 0 saturated carbocycles. The van der Waals surface area contributed by atoms with Crippen molar-refractivity contribution in [2.75, 3.05) is 42.9 Å². The van der Waals surface area contributed by atoms with Crippen molar-refractivity contribution in [1.82, 2.24) is 24.6 Å². The molecule has 1 N–H and O–H groups in total. The first-order valence-corrected chi connectivity index (χ1v) is 13.5. The second-order valence-electron chi connectivity index (χ2n) is 10.3. The summed E-state index contributed by atoms with van der Waals surface area (Å²) in [6, 6.07) is 21.9. The van der Waals surface area contributed by atoms with Crippen LogP contribution in [0.5, 0.6) is 0 Å². The van der Waals surface area contributed by atoms with Gasteiger partial charge in [0, 0.05) is 68.2 Å². The van der Waals surface area contributed by atoms with Crippen LogP contribution in [-0.4, -0.2) is 63.3 Å². The van der Waals surface area contributed by atoms with Gasteiger partial charge in [-0.1, -0.05) is 42.5 Å². The zero-order valence-corrected chi connectivity index (χ0v) is 22.7. The zero-order chi connectivity index (χ0) is 26.9. The average molecular weight is 520 g/mol. The van der Waals surface area contributed by atoms with Crippen molar-refractivity contribution in [3.8, 4) is 0 Å². The third-order valence-electron chi connectivity index (χ3n) is 7.80. The molecular formula is C31H33N7O. The minimum Gasteiger partial charge on any atom is -0.352 e. The van der Waals surface area contributed by atoms with E-state index >= 15 is 0 Å². The third-order valence-corrected chi connectivity index (χ3v) is 7.80. The number of anilines is 2. The molecule has 1 aliphatic heterocycles. The van der Waals surface area contributed by atoms with Crippen LogP contribution < -0.4 is 10.2 Å². The lowest BCUT2D eigenvalue weighted by atomic mass is 10.1. The molecule has 1 saturated heterocycles. The van der Waals surface area contributed by atoms with Crippen LogP contribution in [0.1, 0.15) is 27.4 Å². The molecule has 39 heavy (non-hydrogen) atoms. The van der Waals surface area contributed by atoms with Gasteiger partial charge in [-0.05, 0) is 43.7 Å². The molecule has 198 valence electrons. The highest BCUT2D eigenvalue weighted by Gasteiger charge is 2.21. The van der Waals surface area contributed by atoms with Crippen molar-refractivity contribution < 1.29 is 4.79 Å². The van der Waals surface area contributed by atoms with Gasteiger partial charge in [-0.2, -0.15) is 5.10 Å². The number of amides is 1. The topological polar surface area (TPSA) is 79.2 Å². The van der Waals surface area contributed by atoms with Gasteiger partial charge in [-0.3, -0.25) is 9.69 Å². The van der Waals surface area contributed by atoms with Crippen molar-refractivity contribution in [3.63, 3.8) is 0 Å². The number of rotatable bonds is 6. The lowest BCUT2D eigenvalue weighted by Crippen LogP contribution is -2.47. The lowest BCUT2D eigenvalue weighted by Gasteiger charge is -2.35. The highest BCUT2D eigenvalue weighted by molar-refractivity contribution is 6.05. The molecule has 1 amide bonds. The average Bonchev–Trinajstić information content (AvgIpc) is 3.27. The standard InChI is InChI=1S/C31H33N7O/c1-21-8-4-5-9-24(21)31(39)32-23-12-13-28-27(20-23)33-29(36(28)3)14-15-37-16-18-38(19-17-37)30-26-11-7-6-10-25(26)22(2)34-35-30/h4-13,20H,14-19H2,1-3H3,(H,32,39). The fourth-order valence-electron chi connectivity index (χ4n) is 5.48. The Balaban J connectivity index is 1.09. The van der Waals surface area contributed by atoms with Crippen molar-refractivity contribution in [1.29, 1.82) is 0 Å². The fraction of sp³-hybridized carbons (Fsp3) is 0.290. The van der Waals surface area contributed by atoms with Crippen LogP contribution in [0.25, 0.3) is 21.8 Å². The van der Waals surface area contributed by atoms with E-state index in [1.807, 2.05) is 56.3 Å². The number of imidazole rings is 1. The van der Waals surface area contributed by atoms with E-state index in [-0.39, 0.29) is 5.91 Å². The van der Waals surface area contributed by atoms with E-state index in [0.29, 0.717) is 5.56 Å². The molecule has 1 fully saturated rings. The molecule has 0 spiro atoms. The summed E-state index contributed by atoms with van der Waals surface area (Å²) in [4.78, 5) is 22.5. The van der Waals surface area contributed by atoms with Crippen LogP contribution in [0.2, 0.25) is 0 Å². The molecule has 8 heteroatoms. The smallest absolute Gasteiger partial charge is 0.255 e. The summed E-state index contributed by atoms with van der Waals surface area (Å²) in [7, 11) is 2.06. The number of benzene rings is 3. The Kier molecular flexibility index (Phi) is 6.70. The van der Waals surface area contributed by atoms with Crippen LogP contribution in [0.15, 0.2) is 66.7 Å². The van der Waals surface area contributed by atoms with Crippen LogP contribution in [0.3, 0.4) is 0 Å². The Hall–Kier alpha value is -4.30. The Bertz CT molecular complexity index is 1670. The Labute approximate surface area is 228 Å². The van der Waals surface area contributed by atoms with Crippen LogP contribution in [0, 0.1) is 13.8 Å². The molecule has 0 radical (unpaired) electrons. The summed E-state index contributed by atoms with van der Waals surface area (Å²) in [6.45, 7) is 8.71. The van der Waals surface area contributed by atoms with Crippen LogP contribution in [-0.2, 0) is 13.5 Å². The van der Waals surface area contributed by atoms with E-state index in [1.165, 1.54) is 10.8 Å². The van der Waals surface area contributed by atoms with E-state index in [9.17, 15) is 4.79 Å². The number of piperazine rings is 1. The summed E-state index contributed by atoms with van der Waals surface area (Å²) in [5.74, 6) is 1.93. The van der Waals surface area contributed by atoms with Crippen LogP contribution in [0.4, 0.5) is 11.5 Å². The van der Waals surface area contributed by atoms with Gasteiger partial charge in [0.1, 0.15) is 5.82 Å². The Morgan fingerprint density at radius 2 is 1.64 bits per heavy atom. The third kappa shape index (κ3) is 4.95. The second kappa shape index (κ2) is 10.5. The Morgan fingerprint density at radius 3 is 2.44 bits per heavy atom. The normalized spacial score (nSPS) is 14.3. The highest BCUT2D eigenvalue weighted by atomic mass is 16.1. The molecule has 0 bridgehead atoms. The minimum atomic E-state index is -0.104. The van der Waals surface area contributed by atoms with E-state index < -0.39 is 0 Å². The SMILES string of the molecule is Cc1ccccc1C(=O)Nc1ccc2c(c1)nc(CCN1CCN(c3nnc(C)c4ccccc34)CC1)n2C. The van der Waals surface area contributed by atoms with E-state index in [4.69, 9.17) is 4.98 Å². The number of carbonyl (C=O) groups excluding carboxylic acids is 1. The van der Waals surface area contributed by atoms with Crippen molar-refractivity contribution in [3.05, 3.63) is 89.4 Å². The van der Waals surface area contributed by atoms with Gasteiger partial charge in [0.25, 0.3) is 5.91 Å². The van der Waals surface area contributed by atoms with Gasteiger partial charge in [0.2, 0.25) is 0 Å². The minimum absolute atomic E-state index is 0.104. The van der Waals surface area contributed by atoms with Gasteiger partial charge in [0.05, 0.1) is 16.7 Å². The van der Waals surface area contributed by atoms with Gasteiger partial charge >= 0.3 is 0 Å². The number of hydrogen-bond acceptors (Lipinski definition) is 6. The molecule has 0 aliphatic carbocycles. The molecule has 3 aromatic carbocycles. The number of carbonyl (C=O) groups is 1. The molecule has 2 aromatic heterocycles. The van der Waals surface area contributed by atoms with Crippen LogP contribution >= 0.6 is 0 Å². The maximum Gasteiger partial charge on any atom is 0.255 e. The van der Waals surface area contributed by atoms with Gasteiger partial charge in [0.15, 0.2) is 5.82 Å². The fourth-order valence-corrected chi connectivity index (χ4v) is 5.48. The Morgan fingerprint density at radius 1 is 0.897 bits per heavy atom. The van der Waals surface area contributed by atoms with E-state index in [2.05, 4.69) is 61.2 Å². The zero-order valence-electron chi connectivity index (χ0n) is 22.7. The quantitative estimate of drug-likeness (QED) is 0.349. The summed E-state index contributed by atoms with van der Waals surface area (Å²) < 4.78 is 2.16. The first kappa shape index (κ1) is 25.0. The molecule has 8 nitrogen and oxygen atoms in total. The molecule has 0 unspecified atom stereocenters. The van der Waals surface area contributed by atoms with Crippen molar-refractivity contribution in [2.45, 2.75) is 20.3 Å². The molecular weight excluding hydrogens is 486 g/mol. The molecule has 5 aromatic rings. The number of hydrogen-bond donors (Lipinski definition) is 1. The first-order chi connectivity index (χ1) is 19.0. The number of nitrogens with one attached hydrogen (secondary N) is 1.